The molecule has 0 radical (unpaired) electrons. The van der Waals surface area contributed by atoms with Gasteiger partial charge in [-0.05, 0) is 48.1 Å². The Bertz CT molecular complexity index is 457. The van der Waals surface area contributed by atoms with Gasteiger partial charge in [-0.25, -0.2) is 0 Å². The van der Waals surface area contributed by atoms with Crippen LogP contribution in [0.25, 0.3) is 0 Å². The maximum atomic E-state index is 11.2. The summed E-state index contributed by atoms with van der Waals surface area (Å²) in [5.74, 6) is 0.758. The number of rotatable bonds is 5. The number of nitrogens with two attached hydrogens (primary N) is 1. The Hall–Kier alpha value is -1.35. The number of benzene rings is 1. The molecule has 1 fully saturated rings. The minimum absolute atomic E-state index is 0.191. The van der Waals surface area contributed by atoms with Gasteiger partial charge in [0.25, 0.3) is 0 Å². The van der Waals surface area contributed by atoms with Crippen molar-refractivity contribution < 1.29 is 9.90 Å². The van der Waals surface area contributed by atoms with E-state index in [9.17, 15) is 9.90 Å². The maximum Gasteiger partial charge on any atom is 0.303 e. The van der Waals surface area contributed by atoms with E-state index in [1.54, 1.807) is 0 Å². The summed E-state index contributed by atoms with van der Waals surface area (Å²) in [4.78, 5) is 11.2. The molecule has 3 N–H and O–H groups in total. The van der Waals surface area contributed by atoms with Gasteiger partial charge < -0.3 is 10.8 Å². The second-order valence-corrected chi connectivity index (χ2v) is 6.61. The molecule has 0 spiro atoms. The van der Waals surface area contributed by atoms with Crippen molar-refractivity contribution in [1.29, 1.82) is 0 Å². The van der Waals surface area contributed by atoms with Gasteiger partial charge >= 0.3 is 5.97 Å². The van der Waals surface area contributed by atoms with Crippen molar-refractivity contribution in [3.05, 3.63) is 35.9 Å². The zero-order valence-electron chi connectivity index (χ0n) is 12.4. The molecule has 3 nitrogen and oxygen atoms in total. The second-order valence-electron chi connectivity index (χ2n) is 6.61. The van der Waals surface area contributed by atoms with Crippen LogP contribution in [0.1, 0.15) is 44.6 Å². The minimum atomic E-state index is -0.730. The van der Waals surface area contributed by atoms with Crippen LogP contribution in [0.4, 0.5) is 0 Å². The number of aliphatic carboxylic acids is 1. The molecular formula is C17H25NO2. The lowest BCUT2D eigenvalue weighted by molar-refractivity contribution is -0.139. The Kier molecular flexibility index (Phi) is 4.48. The summed E-state index contributed by atoms with van der Waals surface area (Å²) >= 11 is 0. The Balaban J connectivity index is 2.29. The summed E-state index contributed by atoms with van der Waals surface area (Å²) in [5.41, 5.74) is 7.05. The summed E-state index contributed by atoms with van der Waals surface area (Å²) in [6.45, 7) is 4.92. The zero-order chi connectivity index (χ0) is 14.8. The molecular weight excluding hydrogens is 250 g/mol. The summed E-state index contributed by atoms with van der Waals surface area (Å²) in [6, 6.07) is 10.5. The Labute approximate surface area is 121 Å². The quantitative estimate of drug-likeness (QED) is 0.867. The number of hydrogen-bond donors (Lipinski definition) is 2. The van der Waals surface area contributed by atoms with E-state index in [0.29, 0.717) is 24.3 Å². The topological polar surface area (TPSA) is 63.3 Å². The van der Waals surface area contributed by atoms with E-state index < -0.39 is 5.97 Å². The lowest BCUT2D eigenvalue weighted by Gasteiger charge is -2.26. The van der Waals surface area contributed by atoms with Crippen LogP contribution in [0.15, 0.2) is 30.3 Å². The largest absolute Gasteiger partial charge is 0.481 e. The molecule has 20 heavy (non-hydrogen) atoms. The van der Waals surface area contributed by atoms with Crippen LogP contribution in [-0.4, -0.2) is 17.6 Å². The van der Waals surface area contributed by atoms with E-state index in [1.165, 1.54) is 5.56 Å². The van der Waals surface area contributed by atoms with Crippen LogP contribution >= 0.6 is 0 Å². The molecule has 2 rings (SSSR count). The van der Waals surface area contributed by atoms with Crippen molar-refractivity contribution in [3.63, 3.8) is 0 Å². The highest BCUT2D eigenvalue weighted by Crippen LogP contribution is 2.54. The van der Waals surface area contributed by atoms with Crippen LogP contribution in [0.5, 0.6) is 0 Å². The SMILES string of the molecule is CC(C)[C@H]1C[C@](CN)(CC(=O)O)C[C@@H]1c1ccccc1. The van der Waals surface area contributed by atoms with Crippen LogP contribution < -0.4 is 5.73 Å². The molecule has 0 unspecified atom stereocenters. The maximum absolute atomic E-state index is 11.2. The van der Waals surface area contributed by atoms with Crippen molar-refractivity contribution >= 4 is 5.97 Å². The van der Waals surface area contributed by atoms with E-state index >= 15 is 0 Å². The van der Waals surface area contributed by atoms with Gasteiger partial charge in [0.15, 0.2) is 0 Å². The van der Waals surface area contributed by atoms with E-state index in [0.717, 1.165) is 12.8 Å². The Morgan fingerprint density at radius 2 is 2.00 bits per heavy atom. The molecule has 3 heteroatoms. The third kappa shape index (κ3) is 3.04. The lowest BCUT2D eigenvalue weighted by Crippen LogP contribution is -2.31. The normalized spacial score (nSPS) is 29.8. The van der Waals surface area contributed by atoms with Crippen LogP contribution in [0.3, 0.4) is 0 Å². The van der Waals surface area contributed by atoms with E-state index in [-0.39, 0.29) is 11.8 Å². The molecule has 0 amide bonds. The summed E-state index contributed by atoms with van der Waals surface area (Å²) in [6.07, 6.45) is 2.01. The molecule has 1 aliphatic carbocycles. The smallest absolute Gasteiger partial charge is 0.303 e. The first-order chi connectivity index (χ1) is 9.47. The number of hydrogen-bond acceptors (Lipinski definition) is 2. The average molecular weight is 275 g/mol. The molecule has 0 heterocycles. The molecule has 0 saturated heterocycles. The number of carbonyl (C=O) groups is 1. The lowest BCUT2D eigenvalue weighted by atomic mass is 9.80. The highest BCUT2D eigenvalue weighted by atomic mass is 16.4. The molecule has 1 saturated carbocycles. The van der Waals surface area contributed by atoms with Gasteiger partial charge in [0.1, 0.15) is 0 Å². The van der Waals surface area contributed by atoms with Crippen molar-refractivity contribution in [2.45, 2.75) is 39.0 Å². The minimum Gasteiger partial charge on any atom is -0.481 e. The van der Waals surface area contributed by atoms with Gasteiger partial charge in [-0.3, -0.25) is 4.79 Å². The van der Waals surface area contributed by atoms with Crippen LogP contribution in [0, 0.1) is 17.3 Å². The van der Waals surface area contributed by atoms with E-state index in [1.807, 2.05) is 6.07 Å². The van der Waals surface area contributed by atoms with Crippen molar-refractivity contribution in [3.8, 4) is 0 Å². The van der Waals surface area contributed by atoms with Gasteiger partial charge in [0.05, 0.1) is 6.42 Å². The van der Waals surface area contributed by atoms with E-state index in [2.05, 4.69) is 38.1 Å². The highest BCUT2D eigenvalue weighted by Gasteiger charge is 2.46. The molecule has 0 aliphatic heterocycles. The standard InChI is InChI=1S/C17H25NO2/c1-12(2)14-8-17(11-18,10-16(19)20)9-15(14)13-6-4-3-5-7-13/h3-7,12,14-15H,8-11,18H2,1-2H3,(H,19,20)/t14-,15-,17-/m1/s1. The monoisotopic (exact) mass is 275 g/mol. The molecule has 0 bridgehead atoms. The number of carboxylic acid groups (broad SMARTS) is 1. The van der Waals surface area contributed by atoms with Gasteiger partial charge in [-0.2, -0.15) is 0 Å². The van der Waals surface area contributed by atoms with Gasteiger partial charge in [0.2, 0.25) is 0 Å². The Morgan fingerprint density at radius 3 is 2.50 bits per heavy atom. The average Bonchev–Trinajstić information content (AvgIpc) is 2.79. The van der Waals surface area contributed by atoms with Crippen molar-refractivity contribution in [2.24, 2.45) is 23.0 Å². The van der Waals surface area contributed by atoms with Crippen molar-refractivity contribution in [1.82, 2.24) is 0 Å². The fourth-order valence-corrected chi connectivity index (χ4v) is 3.81. The number of carboxylic acids is 1. The molecule has 1 aliphatic rings. The first-order valence-electron chi connectivity index (χ1n) is 7.44. The van der Waals surface area contributed by atoms with Gasteiger partial charge in [-0.1, -0.05) is 44.2 Å². The fraction of sp³-hybridized carbons (Fsp3) is 0.588. The first-order valence-corrected chi connectivity index (χ1v) is 7.44. The van der Waals surface area contributed by atoms with Crippen LogP contribution in [-0.2, 0) is 4.79 Å². The highest BCUT2D eigenvalue weighted by molar-refractivity contribution is 5.68. The third-order valence-electron chi connectivity index (χ3n) is 4.88. The zero-order valence-corrected chi connectivity index (χ0v) is 12.4. The fourth-order valence-electron chi connectivity index (χ4n) is 3.81. The van der Waals surface area contributed by atoms with Crippen LogP contribution in [0.2, 0.25) is 0 Å². The van der Waals surface area contributed by atoms with E-state index in [4.69, 9.17) is 5.73 Å². The van der Waals surface area contributed by atoms with Gasteiger partial charge in [-0.15, -0.1) is 0 Å². The second kappa shape index (κ2) is 5.96. The molecule has 1 aromatic carbocycles. The predicted molar refractivity (Wildman–Crippen MR) is 80.5 cm³/mol. The third-order valence-corrected chi connectivity index (χ3v) is 4.88. The molecule has 0 aromatic heterocycles. The molecule has 3 atom stereocenters. The van der Waals surface area contributed by atoms with Gasteiger partial charge in [0, 0.05) is 0 Å². The molecule has 1 aromatic rings. The predicted octanol–water partition coefficient (Wildman–Crippen LogP) is 3.26. The Morgan fingerprint density at radius 1 is 1.35 bits per heavy atom. The summed E-state index contributed by atoms with van der Waals surface area (Å²) in [7, 11) is 0. The van der Waals surface area contributed by atoms with Crippen molar-refractivity contribution in [2.75, 3.05) is 6.54 Å². The molecule has 110 valence electrons. The summed E-state index contributed by atoms with van der Waals surface area (Å²) < 4.78 is 0. The summed E-state index contributed by atoms with van der Waals surface area (Å²) in [5, 5.41) is 9.20. The first kappa shape index (κ1) is 15.0.